The summed E-state index contributed by atoms with van der Waals surface area (Å²) < 4.78 is 1.00. The third kappa shape index (κ3) is 3.90. The highest BCUT2D eigenvalue weighted by Gasteiger charge is 2.31. The van der Waals surface area contributed by atoms with Crippen LogP contribution in [0.2, 0.25) is 0 Å². The minimum absolute atomic E-state index is 0.00981. The molecule has 5 heterocycles. The van der Waals surface area contributed by atoms with Crippen LogP contribution in [0.4, 0.5) is 17.5 Å². The van der Waals surface area contributed by atoms with Gasteiger partial charge in [-0.05, 0) is 43.5 Å². The van der Waals surface area contributed by atoms with Crippen molar-refractivity contribution in [2.75, 3.05) is 23.4 Å². The highest BCUT2D eigenvalue weighted by molar-refractivity contribution is 7.21. The van der Waals surface area contributed by atoms with Gasteiger partial charge in [-0.3, -0.25) is 4.98 Å². The van der Waals surface area contributed by atoms with Gasteiger partial charge in [0.25, 0.3) is 0 Å². The summed E-state index contributed by atoms with van der Waals surface area (Å²) in [5.74, 6) is 2.20. The number of hydrogen-bond acceptors (Lipinski definition) is 9. The number of pyridine rings is 3. The molecule has 0 radical (unpaired) electrons. The Labute approximate surface area is 190 Å². The van der Waals surface area contributed by atoms with E-state index in [0.717, 1.165) is 44.3 Å². The van der Waals surface area contributed by atoms with Gasteiger partial charge < -0.3 is 21.1 Å². The van der Waals surface area contributed by atoms with E-state index in [9.17, 15) is 5.11 Å². The van der Waals surface area contributed by atoms with Crippen LogP contribution >= 0.6 is 11.3 Å². The first kappa shape index (κ1) is 20.7. The number of aromatic nitrogens is 4. The molecule has 4 aromatic rings. The largest absolute Gasteiger partial charge is 0.394 e. The van der Waals surface area contributed by atoms with Crippen molar-refractivity contribution < 1.29 is 5.11 Å². The Bertz CT molecular complexity index is 1270. The van der Waals surface area contributed by atoms with Crippen molar-refractivity contribution >= 4 is 39.0 Å². The van der Waals surface area contributed by atoms with Gasteiger partial charge in [-0.15, -0.1) is 11.3 Å². The quantitative estimate of drug-likeness (QED) is 0.427. The summed E-state index contributed by atoms with van der Waals surface area (Å²) in [5, 5.41) is 13.9. The third-order valence-electron chi connectivity index (χ3n) is 5.74. The van der Waals surface area contributed by atoms with Gasteiger partial charge in [0.15, 0.2) is 0 Å². The molecule has 0 aliphatic carbocycles. The van der Waals surface area contributed by atoms with Gasteiger partial charge in [0.1, 0.15) is 28.2 Å². The molecule has 0 aromatic carbocycles. The smallest absolute Gasteiger partial charge is 0.143 e. The lowest BCUT2D eigenvalue weighted by Gasteiger charge is -2.26. The van der Waals surface area contributed by atoms with Crippen LogP contribution in [0, 0.1) is 13.8 Å². The molecule has 9 heteroatoms. The number of hydrogen-bond donors (Lipinski definition) is 3. The van der Waals surface area contributed by atoms with E-state index in [1.54, 1.807) is 17.5 Å². The van der Waals surface area contributed by atoms with E-state index in [4.69, 9.17) is 15.7 Å². The maximum atomic E-state index is 9.75. The van der Waals surface area contributed by atoms with E-state index in [1.165, 1.54) is 0 Å². The number of aliphatic hydroxyl groups excluding tert-OH is 1. The number of rotatable bonds is 5. The number of nitrogens with zero attached hydrogens (tertiary/aromatic N) is 5. The van der Waals surface area contributed by atoms with E-state index in [2.05, 4.69) is 20.2 Å². The maximum Gasteiger partial charge on any atom is 0.143 e. The number of nitrogens with two attached hydrogens (primary N) is 1. The monoisotopic (exact) mass is 447 g/mol. The van der Waals surface area contributed by atoms with Crippen LogP contribution in [0.1, 0.15) is 17.5 Å². The lowest BCUT2D eigenvalue weighted by molar-refractivity contribution is 0.265. The van der Waals surface area contributed by atoms with E-state index >= 15 is 0 Å². The van der Waals surface area contributed by atoms with E-state index < -0.39 is 0 Å². The molecule has 8 nitrogen and oxygen atoms in total. The number of thiazole rings is 1. The van der Waals surface area contributed by atoms with Crippen LogP contribution in [0.3, 0.4) is 0 Å². The Kier molecular flexibility index (Phi) is 5.46. The molecule has 5 rings (SSSR count). The molecule has 0 amide bonds. The molecule has 1 aliphatic heterocycles. The Hall–Kier alpha value is -3.14. The summed E-state index contributed by atoms with van der Waals surface area (Å²) in [7, 11) is 0. The molecule has 0 bridgehead atoms. The molecule has 0 saturated carbocycles. The average molecular weight is 448 g/mol. The van der Waals surface area contributed by atoms with Gasteiger partial charge in [0, 0.05) is 31.0 Å². The summed E-state index contributed by atoms with van der Waals surface area (Å²) in [4.78, 5) is 20.7. The van der Waals surface area contributed by atoms with E-state index in [-0.39, 0.29) is 18.7 Å². The fraction of sp³-hybridized carbons (Fsp3) is 0.304. The van der Waals surface area contributed by atoms with Gasteiger partial charge in [-0.25, -0.2) is 15.0 Å². The SMILES string of the molecule is Cc1cccnc1-c1nc2cc(Nc3ccc(C)c(N4C[C@@H](N)C[C@H]4CO)n3)ncc2s1. The third-order valence-corrected chi connectivity index (χ3v) is 6.76. The van der Waals surface area contributed by atoms with Crippen molar-refractivity contribution in [3.05, 3.63) is 53.9 Å². The summed E-state index contributed by atoms with van der Waals surface area (Å²) in [6, 6.07) is 9.87. The van der Waals surface area contributed by atoms with Crippen LogP contribution < -0.4 is 16.0 Å². The summed E-state index contributed by atoms with van der Waals surface area (Å²) in [6.07, 6.45) is 4.37. The predicted octanol–water partition coefficient (Wildman–Crippen LogP) is 3.41. The van der Waals surface area contributed by atoms with Gasteiger partial charge in [-0.1, -0.05) is 12.1 Å². The Morgan fingerprint density at radius 2 is 2.03 bits per heavy atom. The Morgan fingerprint density at radius 3 is 2.84 bits per heavy atom. The predicted molar refractivity (Wildman–Crippen MR) is 128 cm³/mol. The van der Waals surface area contributed by atoms with Crippen molar-refractivity contribution in [2.45, 2.75) is 32.4 Å². The van der Waals surface area contributed by atoms with Crippen LogP contribution in [0.25, 0.3) is 20.9 Å². The molecule has 32 heavy (non-hydrogen) atoms. The molecule has 164 valence electrons. The number of nitrogens with one attached hydrogen (secondary N) is 1. The highest BCUT2D eigenvalue weighted by Crippen LogP contribution is 2.32. The fourth-order valence-corrected chi connectivity index (χ4v) is 5.09. The molecule has 4 N–H and O–H groups in total. The molecule has 0 unspecified atom stereocenters. The summed E-state index contributed by atoms with van der Waals surface area (Å²) in [5.41, 5.74) is 10.0. The minimum Gasteiger partial charge on any atom is -0.394 e. The molecule has 0 spiro atoms. The first-order chi connectivity index (χ1) is 15.5. The highest BCUT2D eigenvalue weighted by atomic mass is 32.1. The number of aryl methyl sites for hydroxylation is 2. The first-order valence-corrected chi connectivity index (χ1v) is 11.4. The van der Waals surface area contributed by atoms with Crippen LogP contribution in [-0.4, -0.2) is 50.3 Å². The van der Waals surface area contributed by atoms with Crippen molar-refractivity contribution in [1.82, 2.24) is 19.9 Å². The minimum atomic E-state index is -0.00981. The van der Waals surface area contributed by atoms with Crippen molar-refractivity contribution in [3.8, 4) is 10.7 Å². The van der Waals surface area contributed by atoms with Crippen LogP contribution in [0.15, 0.2) is 42.7 Å². The standard InChI is InChI=1S/C23H25N7OS/c1-13-4-3-7-25-21(13)23-27-17-9-20(26-10-18(17)32-23)28-19-6-5-14(2)22(29-19)30-11-15(24)8-16(30)12-31/h3-7,9-10,15-16,31H,8,11-12,24H2,1-2H3,(H,26,28,29)/t15-,16-/m0/s1. The Morgan fingerprint density at radius 1 is 1.16 bits per heavy atom. The number of anilines is 3. The lowest BCUT2D eigenvalue weighted by Crippen LogP contribution is -2.34. The molecule has 2 atom stereocenters. The zero-order valence-corrected chi connectivity index (χ0v) is 18.8. The maximum absolute atomic E-state index is 9.75. The van der Waals surface area contributed by atoms with Gasteiger partial charge in [0.05, 0.1) is 22.9 Å². The molecule has 4 aromatic heterocycles. The van der Waals surface area contributed by atoms with Crippen molar-refractivity contribution in [3.63, 3.8) is 0 Å². The number of aliphatic hydroxyl groups is 1. The average Bonchev–Trinajstić information content (AvgIpc) is 3.38. The van der Waals surface area contributed by atoms with Crippen molar-refractivity contribution in [1.29, 1.82) is 0 Å². The second-order valence-corrected chi connectivity index (χ2v) is 9.20. The van der Waals surface area contributed by atoms with E-state index in [1.807, 2.05) is 50.4 Å². The molecule has 1 aliphatic rings. The molecule has 1 saturated heterocycles. The zero-order valence-electron chi connectivity index (χ0n) is 18.0. The number of fused-ring (bicyclic) bond motifs is 1. The molecule has 1 fully saturated rings. The van der Waals surface area contributed by atoms with Gasteiger partial charge in [0.2, 0.25) is 0 Å². The van der Waals surface area contributed by atoms with Crippen LogP contribution in [0.5, 0.6) is 0 Å². The second kappa shape index (κ2) is 8.42. The topological polar surface area (TPSA) is 113 Å². The normalized spacial score (nSPS) is 18.4. The van der Waals surface area contributed by atoms with Gasteiger partial charge in [-0.2, -0.15) is 0 Å². The lowest BCUT2D eigenvalue weighted by atomic mass is 10.2. The van der Waals surface area contributed by atoms with Gasteiger partial charge >= 0.3 is 0 Å². The molecular weight excluding hydrogens is 422 g/mol. The first-order valence-electron chi connectivity index (χ1n) is 10.6. The summed E-state index contributed by atoms with van der Waals surface area (Å²) >= 11 is 1.58. The van der Waals surface area contributed by atoms with E-state index in [0.29, 0.717) is 18.2 Å². The zero-order chi connectivity index (χ0) is 22.2. The van der Waals surface area contributed by atoms with Crippen molar-refractivity contribution in [2.24, 2.45) is 5.73 Å². The fourth-order valence-electron chi connectivity index (χ4n) is 4.11. The second-order valence-electron chi connectivity index (χ2n) is 8.17. The molecular formula is C23H25N7OS. The summed E-state index contributed by atoms with van der Waals surface area (Å²) in [6.45, 7) is 4.80. The van der Waals surface area contributed by atoms with Crippen LogP contribution in [-0.2, 0) is 0 Å². The Balaban J connectivity index is 1.43.